The number of halogens is 3. The van der Waals surface area contributed by atoms with E-state index in [0.717, 1.165) is 17.8 Å². The van der Waals surface area contributed by atoms with Gasteiger partial charge in [0.15, 0.2) is 16.6 Å². The maximum absolute atomic E-state index is 13.2. The molecule has 0 aliphatic heterocycles. The first-order valence-corrected chi connectivity index (χ1v) is 10.5. The van der Waals surface area contributed by atoms with Crippen molar-refractivity contribution in [3.05, 3.63) is 70.5 Å². The van der Waals surface area contributed by atoms with Crippen molar-refractivity contribution in [3.63, 3.8) is 0 Å². The van der Waals surface area contributed by atoms with Crippen LogP contribution in [0.25, 0.3) is 17.0 Å². The lowest BCUT2D eigenvalue weighted by Crippen LogP contribution is -2.18. The first-order valence-electron chi connectivity index (χ1n) is 9.48. The highest BCUT2D eigenvalue weighted by atomic mass is 32.2. The highest BCUT2D eigenvalue weighted by Gasteiger charge is 2.33. The number of nitrogens with zero attached hydrogens (tertiary/aromatic N) is 3. The smallest absolute Gasteiger partial charge is 0.418 e. The Balaban J connectivity index is 1.58. The van der Waals surface area contributed by atoms with E-state index in [9.17, 15) is 22.8 Å². The standard InChI is InChI=1S/C21H16F3N5O3S/c1-32-13-8-6-12(7-9-13)19-26-16-10-17(30)28-29(16)20(27-19)33-11-18(31)25-15-5-3-2-4-14(15)21(22,23)24/h2-10H,11H2,1H3,(H,25,31)(H,28,30). The first-order chi connectivity index (χ1) is 15.7. The van der Waals surface area contributed by atoms with Crippen molar-refractivity contribution in [2.45, 2.75) is 11.3 Å². The van der Waals surface area contributed by atoms with E-state index in [2.05, 4.69) is 20.4 Å². The fourth-order valence-corrected chi connectivity index (χ4v) is 3.76. The minimum atomic E-state index is -4.60. The summed E-state index contributed by atoms with van der Waals surface area (Å²) in [6, 6.07) is 12.9. The molecule has 12 heteroatoms. The molecule has 2 heterocycles. The predicted octanol–water partition coefficient (Wildman–Crippen LogP) is 3.84. The van der Waals surface area contributed by atoms with Gasteiger partial charge in [-0.2, -0.15) is 13.2 Å². The van der Waals surface area contributed by atoms with Crippen LogP contribution in [0.3, 0.4) is 0 Å². The van der Waals surface area contributed by atoms with E-state index in [-0.39, 0.29) is 22.2 Å². The number of methoxy groups -OCH3 is 1. The second kappa shape index (κ2) is 8.98. The molecule has 33 heavy (non-hydrogen) atoms. The number of para-hydroxylation sites is 1. The van der Waals surface area contributed by atoms with Crippen LogP contribution < -0.4 is 15.6 Å². The Morgan fingerprint density at radius 2 is 1.88 bits per heavy atom. The van der Waals surface area contributed by atoms with Gasteiger partial charge in [-0.1, -0.05) is 23.9 Å². The molecule has 8 nitrogen and oxygen atoms in total. The molecule has 0 saturated carbocycles. The Hall–Kier alpha value is -3.80. The van der Waals surface area contributed by atoms with Crippen molar-refractivity contribution in [2.24, 2.45) is 0 Å². The Labute approximate surface area is 188 Å². The SMILES string of the molecule is COc1ccc(-c2nc(SCC(=O)Nc3ccccc3C(F)(F)F)n3[nH]c(=O)cc3n2)cc1. The number of carbonyl (C=O) groups is 1. The third-order valence-electron chi connectivity index (χ3n) is 4.51. The number of hydrogen-bond acceptors (Lipinski definition) is 6. The van der Waals surface area contributed by atoms with Crippen LogP contribution in [-0.2, 0) is 11.0 Å². The third kappa shape index (κ3) is 5.00. The van der Waals surface area contributed by atoms with Crippen molar-refractivity contribution >= 4 is 29.0 Å². The number of amides is 1. The quantitative estimate of drug-likeness (QED) is 0.411. The van der Waals surface area contributed by atoms with E-state index < -0.39 is 23.2 Å². The lowest BCUT2D eigenvalue weighted by molar-refractivity contribution is -0.137. The average Bonchev–Trinajstić information content (AvgIpc) is 3.17. The Morgan fingerprint density at radius 1 is 1.15 bits per heavy atom. The van der Waals surface area contributed by atoms with Gasteiger partial charge in [-0.15, -0.1) is 0 Å². The van der Waals surface area contributed by atoms with E-state index in [1.807, 2.05) is 0 Å². The van der Waals surface area contributed by atoms with Crippen LogP contribution in [0.15, 0.2) is 64.5 Å². The van der Waals surface area contributed by atoms with Gasteiger partial charge in [0.25, 0.3) is 5.56 Å². The molecule has 0 bridgehead atoms. The largest absolute Gasteiger partial charge is 0.497 e. The van der Waals surface area contributed by atoms with Crippen LogP contribution in [0.5, 0.6) is 5.75 Å². The molecule has 2 N–H and O–H groups in total. The minimum Gasteiger partial charge on any atom is -0.497 e. The first kappa shape index (κ1) is 22.4. The number of thioether (sulfide) groups is 1. The fraction of sp³-hybridized carbons (Fsp3) is 0.143. The van der Waals surface area contributed by atoms with Gasteiger partial charge in [0.2, 0.25) is 5.91 Å². The van der Waals surface area contributed by atoms with Crippen molar-refractivity contribution in [1.29, 1.82) is 0 Å². The van der Waals surface area contributed by atoms with E-state index in [4.69, 9.17) is 4.74 Å². The molecule has 0 unspecified atom stereocenters. The van der Waals surface area contributed by atoms with Gasteiger partial charge >= 0.3 is 6.18 Å². The Bertz CT molecular complexity index is 1370. The number of aromatic nitrogens is 4. The van der Waals surface area contributed by atoms with Crippen LogP contribution >= 0.6 is 11.8 Å². The van der Waals surface area contributed by atoms with Crippen LogP contribution in [-0.4, -0.2) is 38.4 Å². The molecule has 4 aromatic rings. The van der Waals surface area contributed by atoms with Crippen LogP contribution in [0, 0.1) is 0 Å². The van der Waals surface area contributed by atoms with Gasteiger partial charge < -0.3 is 10.1 Å². The zero-order chi connectivity index (χ0) is 23.6. The second-order valence-corrected chi connectivity index (χ2v) is 7.69. The number of ether oxygens (including phenoxy) is 1. The van der Waals surface area contributed by atoms with Crippen molar-refractivity contribution in [1.82, 2.24) is 19.6 Å². The maximum atomic E-state index is 13.2. The lowest BCUT2D eigenvalue weighted by atomic mass is 10.1. The molecule has 0 saturated heterocycles. The minimum absolute atomic E-state index is 0.243. The van der Waals surface area contributed by atoms with E-state index >= 15 is 0 Å². The summed E-state index contributed by atoms with van der Waals surface area (Å²) in [4.78, 5) is 33.0. The third-order valence-corrected chi connectivity index (χ3v) is 5.45. The predicted molar refractivity (Wildman–Crippen MR) is 116 cm³/mol. The van der Waals surface area contributed by atoms with Gasteiger partial charge in [0, 0.05) is 11.6 Å². The summed E-state index contributed by atoms with van der Waals surface area (Å²) >= 11 is 0.944. The molecule has 0 fully saturated rings. The summed E-state index contributed by atoms with van der Waals surface area (Å²) in [5.41, 5.74) is -0.758. The number of aromatic amines is 1. The van der Waals surface area contributed by atoms with Gasteiger partial charge in [-0.25, -0.2) is 14.5 Å². The Morgan fingerprint density at radius 3 is 2.58 bits per heavy atom. The molecule has 0 radical (unpaired) electrons. The van der Waals surface area contributed by atoms with Crippen LogP contribution in [0.1, 0.15) is 5.56 Å². The molecule has 0 atom stereocenters. The maximum Gasteiger partial charge on any atom is 0.418 e. The van der Waals surface area contributed by atoms with E-state index in [1.54, 1.807) is 24.3 Å². The van der Waals surface area contributed by atoms with Gasteiger partial charge in [0.1, 0.15) is 5.75 Å². The van der Waals surface area contributed by atoms with Gasteiger partial charge in [-0.05, 0) is 36.4 Å². The molecule has 0 aliphatic carbocycles. The zero-order valence-corrected chi connectivity index (χ0v) is 17.8. The van der Waals surface area contributed by atoms with E-state index in [0.29, 0.717) is 17.1 Å². The highest BCUT2D eigenvalue weighted by Crippen LogP contribution is 2.34. The fourth-order valence-electron chi connectivity index (χ4n) is 3.01. The number of rotatable bonds is 6. The summed E-state index contributed by atoms with van der Waals surface area (Å²) in [5.74, 6) is 0.0367. The number of anilines is 1. The van der Waals surface area contributed by atoms with Gasteiger partial charge in [0.05, 0.1) is 24.1 Å². The highest BCUT2D eigenvalue weighted by molar-refractivity contribution is 7.99. The lowest BCUT2D eigenvalue weighted by Gasteiger charge is -2.13. The topological polar surface area (TPSA) is 101 Å². The van der Waals surface area contributed by atoms with Crippen LogP contribution in [0.2, 0.25) is 0 Å². The molecule has 4 rings (SSSR count). The second-order valence-electron chi connectivity index (χ2n) is 6.75. The van der Waals surface area contributed by atoms with Crippen molar-refractivity contribution < 1.29 is 22.7 Å². The molecule has 2 aromatic carbocycles. The zero-order valence-electron chi connectivity index (χ0n) is 17.0. The monoisotopic (exact) mass is 475 g/mol. The van der Waals surface area contributed by atoms with Gasteiger partial charge in [-0.3, -0.25) is 14.7 Å². The van der Waals surface area contributed by atoms with E-state index in [1.165, 1.54) is 35.9 Å². The summed E-state index contributed by atoms with van der Waals surface area (Å²) in [6.07, 6.45) is -4.60. The number of carbonyl (C=O) groups excluding carboxylic acids is 1. The van der Waals surface area contributed by atoms with Crippen molar-refractivity contribution in [2.75, 3.05) is 18.2 Å². The number of fused-ring (bicyclic) bond motifs is 1. The number of hydrogen-bond donors (Lipinski definition) is 2. The number of H-pyrrole nitrogens is 1. The summed E-state index contributed by atoms with van der Waals surface area (Å²) in [7, 11) is 1.54. The number of alkyl halides is 3. The summed E-state index contributed by atoms with van der Waals surface area (Å²) < 4.78 is 45.9. The number of nitrogens with one attached hydrogen (secondary N) is 2. The summed E-state index contributed by atoms with van der Waals surface area (Å²) in [6.45, 7) is 0. The molecule has 0 aliphatic rings. The molecular formula is C21H16F3N5O3S. The van der Waals surface area contributed by atoms with Crippen LogP contribution in [0.4, 0.5) is 18.9 Å². The Kier molecular flexibility index (Phi) is 6.09. The molecule has 0 spiro atoms. The molecule has 1 amide bonds. The molecular weight excluding hydrogens is 459 g/mol. The normalized spacial score (nSPS) is 11.5. The summed E-state index contributed by atoms with van der Waals surface area (Å²) in [5, 5.41) is 5.07. The van der Waals surface area contributed by atoms with Crippen molar-refractivity contribution in [3.8, 4) is 17.1 Å². The average molecular weight is 475 g/mol. The molecule has 170 valence electrons. The number of benzene rings is 2. The molecule has 2 aromatic heterocycles.